The van der Waals surface area contributed by atoms with Crippen LogP contribution in [0.15, 0.2) is 0 Å². The third kappa shape index (κ3) is 2.63. The second kappa shape index (κ2) is 4.40. The molecule has 2 atom stereocenters. The first-order chi connectivity index (χ1) is 6.88. The van der Waals surface area contributed by atoms with Crippen molar-refractivity contribution in [2.24, 2.45) is 0 Å². The van der Waals surface area contributed by atoms with E-state index in [4.69, 9.17) is 5.11 Å². The van der Waals surface area contributed by atoms with Crippen LogP contribution in [0.5, 0.6) is 0 Å². The summed E-state index contributed by atoms with van der Waals surface area (Å²) < 4.78 is 31.3. The number of hydrogen-bond donors (Lipinski definition) is 1. The zero-order chi connectivity index (χ0) is 11.6. The number of aliphatic hydroxyl groups excluding tert-OH is 1. The Kier molecular flexibility index (Phi) is 3.62. The van der Waals surface area contributed by atoms with Crippen molar-refractivity contribution in [3.05, 3.63) is 0 Å². The van der Waals surface area contributed by atoms with Gasteiger partial charge in [-0.1, -0.05) is 0 Å². The highest BCUT2D eigenvalue weighted by atomic mass is 19.3. The lowest BCUT2D eigenvalue weighted by molar-refractivity contribution is -0.176. The average molecular weight is 223 g/mol. The molecule has 15 heavy (non-hydrogen) atoms. The van der Waals surface area contributed by atoms with Crippen molar-refractivity contribution in [1.82, 2.24) is 4.90 Å². The van der Waals surface area contributed by atoms with Gasteiger partial charge in [0.25, 0.3) is 11.8 Å². The molecule has 0 aliphatic carbocycles. The fourth-order valence-electron chi connectivity index (χ4n) is 1.66. The topological polar surface area (TPSA) is 49.8 Å². The van der Waals surface area contributed by atoms with E-state index < -0.39 is 30.6 Å². The number of aliphatic hydroxyl groups is 1. The largest absolute Gasteiger partial charge is 0.384 e. The van der Waals surface area contributed by atoms with E-state index in [0.717, 1.165) is 4.90 Å². The summed E-state index contributed by atoms with van der Waals surface area (Å²) >= 11 is 0. The molecule has 1 aliphatic rings. The van der Waals surface area contributed by atoms with E-state index in [1.165, 1.54) is 14.0 Å². The third-order valence-corrected chi connectivity index (χ3v) is 2.49. The highest BCUT2D eigenvalue weighted by Gasteiger charge is 2.46. The monoisotopic (exact) mass is 223 g/mol. The maximum Gasteiger partial charge on any atom is 0.290 e. The van der Waals surface area contributed by atoms with Crippen molar-refractivity contribution in [2.45, 2.75) is 31.5 Å². The summed E-state index contributed by atoms with van der Waals surface area (Å²) in [6.07, 6.45) is -2.29. The number of nitrogens with zero attached hydrogens (tertiary/aromatic N) is 1. The number of alkyl halides is 2. The minimum atomic E-state index is -3.04. The van der Waals surface area contributed by atoms with Crippen LogP contribution < -0.4 is 0 Å². The lowest BCUT2D eigenvalue weighted by Gasteiger charge is -2.37. The molecule has 0 radical (unpaired) electrons. The summed E-state index contributed by atoms with van der Waals surface area (Å²) in [6, 6.07) is 0. The Labute approximate surface area is 86.8 Å². The van der Waals surface area contributed by atoms with Gasteiger partial charge in [-0.15, -0.1) is 0 Å². The predicted molar refractivity (Wildman–Crippen MR) is 48.6 cm³/mol. The van der Waals surface area contributed by atoms with E-state index >= 15 is 0 Å². The smallest absolute Gasteiger partial charge is 0.290 e. The van der Waals surface area contributed by atoms with Gasteiger partial charge in [0.05, 0.1) is 6.54 Å². The Morgan fingerprint density at radius 3 is 2.67 bits per heavy atom. The SMILES string of the molecule is COC1CCN(C(=O)[C@H](C)O)CC1(F)F. The molecule has 4 nitrogen and oxygen atoms in total. The fraction of sp³-hybridized carbons (Fsp3) is 0.889. The first-order valence-corrected chi connectivity index (χ1v) is 4.76. The van der Waals surface area contributed by atoms with E-state index in [2.05, 4.69) is 4.74 Å². The van der Waals surface area contributed by atoms with Crippen molar-refractivity contribution in [3.63, 3.8) is 0 Å². The van der Waals surface area contributed by atoms with Gasteiger partial charge in [0, 0.05) is 13.7 Å². The van der Waals surface area contributed by atoms with Gasteiger partial charge in [-0.05, 0) is 13.3 Å². The van der Waals surface area contributed by atoms with Crippen molar-refractivity contribution in [2.75, 3.05) is 20.2 Å². The Balaban J connectivity index is 2.66. The quantitative estimate of drug-likeness (QED) is 0.730. The molecule has 6 heteroatoms. The highest BCUT2D eigenvalue weighted by molar-refractivity contribution is 5.80. The zero-order valence-electron chi connectivity index (χ0n) is 8.74. The second-order valence-corrected chi connectivity index (χ2v) is 3.71. The van der Waals surface area contributed by atoms with Gasteiger partial charge in [-0.2, -0.15) is 0 Å². The lowest BCUT2D eigenvalue weighted by Crippen LogP contribution is -2.55. The molecule has 0 saturated carbocycles. The van der Waals surface area contributed by atoms with E-state index in [0.29, 0.717) is 0 Å². The minimum absolute atomic E-state index is 0.0853. The minimum Gasteiger partial charge on any atom is -0.384 e. The number of carbonyl (C=O) groups excluding carboxylic acids is 1. The van der Waals surface area contributed by atoms with Gasteiger partial charge in [0.15, 0.2) is 0 Å². The highest BCUT2D eigenvalue weighted by Crippen LogP contribution is 2.29. The van der Waals surface area contributed by atoms with Gasteiger partial charge in [0.2, 0.25) is 0 Å². The summed E-state index contributed by atoms with van der Waals surface area (Å²) in [5, 5.41) is 9.00. The number of carbonyl (C=O) groups is 1. The Hall–Kier alpha value is -0.750. The van der Waals surface area contributed by atoms with Crippen LogP contribution in [0.1, 0.15) is 13.3 Å². The molecule has 1 saturated heterocycles. The van der Waals surface area contributed by atoms with Gasteiger partial charge < -0.3 is 14.7 Å². The standard InChI is InChI=1S/C9H15F2NO3/c1-6(13)8(14)12-4-3-7(15-2)9(10,11)5-12/h6-7,13H,3-5H2,1-2H3/t6-,7?/m0/s1. The van der Waals surface area contributed by atoms with Crippen molar-refractivity contribution >= 4 is 5.91 Å². The van der Waals surface area contributed by atoms with Crippen LogP contribution in [0.4, 0.5) is 8.78 Å². The number of ether oxygens (including phenoxy) is 1. The number of halogens is 2. The molecule has 1 fully saturated rings. The molecule has 1 amide bonds. The molecule has 0 spiro atoms. The van der Waals surface area contributed by atoms with Gasteiger partial charge in [0.1, 0.15) is 12.2 Å². The van der Waals surface area contributed by atoms with E-state index in [1.54, 1.807) is 0 Å². The summed E-state index contributed by atoms with van der Waals surface area (Å²) in [7, 11) is 1.23. The second-order valence-electron chi connectivity index (χ2n) is 3.71. The summed E-state index contributed by atoms with van der Waals surface area (Å²) in [4.78, 5) is 12.3. The van der Waals surface area contributed by atoms with Crippen molar-refractivity contribution in [3.8, 4) is 0 Å². The Morgan fingerprint density at radius 2 is 2.27 bits per heavy atom. The van der Waals surface area contributed by atoms with Gasteiger partial charge in [-0.25, -0.2) is 8.78 Å². The van der Waals surface area contributed by atoms with Gasteiger partial charge in [-0.3, -0.25) is 4.79 Å². The number of amides is 1. The molecule has 0 bridgehead atoms. The molecule has 1 unspecified atom stereocenters. The van der Waals surface area contributed by atoms with Crippen LogP contribution in [-0.4, -0.2) is 54.2 Å². The number of rotatable bonds is 2. The van der Waals surface area contributed by atoms with E-state index in [1.807, 2.05) is 0 Å². The first kappa shape index (κ1) is 12.3. The normalized spacial score (nSPS) is 27.5. The Bertz CT molecular complexity index is 246. The maximum atomic E-state index is 13.3. The van der Waals surface area contributed by atoms with Crippen LogP contribution in [0.3, 0.4) is 0 Å². The van der Waals surface area contributed by atoms with Crippen LogP contribution in [0, 0.1) is 0 Å². The number of hydrogen-bond acceptors (Lipinski definition) is 3. The van der Waals surface area contributed by atoms with Crippen LogP contribution in [0.25, 0.3) is 0 Å². The fourth-order valence-corrected chi connectivity index (χ4v) is 1.66. The molecule has 0 aromatic carbocycles. The zero-order valence-corrected chi connectivity index (χ0v) is 8.74. The molecule has 0 aromatic rings. The molecule has 88 valence electrons. The third-order valence-electron chi connectivity index (χ3n) is 2.49. The number of likely N-dealkylation sites (tertiary alicyclic amines) is 1. The predicted octanol–water partition coefficient (Wildman–Crippen LogP) is 0.250. The molecule has 1 rings (SSSR count). The molecular formula is C9H15F2NO3. The maximum absolute atomic E-state index is 13.3. The van der Waals surface area contributed by atoms with Crippen molar-refractivity contribution < 1.29 is 23.4 Å². The Morgan fingerprint density at radius 1 is 1.67 bits per heavy atom. The number of piperidine rings is 1. The molecule has 1 N–H and O–H groups in total. The summed E-state index contributed by atoms with van der Waals surface area (Å²) in [5.41, 5.74) is 0. The lowest BCUT2D eigenvalue weighted by atomic mass is 10.0. The molecule has 0 aromatic heterocycles. The van der Waals surface area contributed by atoms with Crippen molar-refractivity contribution in [1.29, 1.82) is 0 Å². The van der Waals surface area contributed by atoms with E-state index in [-0.39, 0.29) is 13.0 Å². The summed E-state index contributed by atoms with van der Waals surface area (Å²) in [6.45, 7) is 0.774. The van der Waals surface area contributed by atoms with Crippen LogP contribution in [-0.2, 0) is 9.53 Å². The molecule has 1 aliphatic heterocycles. The number of methoxy groups -OCH3 is 1. The molecule has 1 heterocycles. The summed E-state index contributed by atoms with van der Waals surface area (Å²) in [5.74, 6) is -3.71. The van der Waals surface area contributed by atoms with Crippen LogP contribution >= 0.6 is 0 Å². The average Bonchev–Trinajstić information content (AvgIpc) is 2.15. The molecular weight excluding hydrogens is 208 g/mol. The first-order valence-electron chi connectivity index (χ1n) is 4.76. The van der Waals surface area contributed by atoms with Crippen LogP contribution in [0.2, 0.25) is 0 Å². The van der Waals surface area contributed by atoms with E-state index in [9.17, 15) is 13.6 Å². The van der Waals surface area contributed by atoms with Gasteiger partial charge >= 0.3 is 0 Å².